The Kier molecular flexibility index (Phi) is 2.92. The van der Waals surface area contributed by atoms with E-state index in [0.717, 1.165) is 38.1 Å². The number of nitrogen functional groups attached to an aromatic ring is 1. The van der Waals surface area contributed by atoms with E-state index >= 15 is 0 Å². The molecule has 0 bridgehead atoms. The van der Waals surface area contributed by atoms with Crippen molar-refractivity contribution in [2.24, 2.45) is 17.6 Å². The number of hydrogen-bond acceptors (Lipinski definition) is 2. The predicted molar refractivity (Wildman–Crippen MR) is 70.4 cm³/mol. The Labute approximate surface area is 110 Å². The quantitative estimate of drug-likeness (QED) is 0.637. The van der Waals surface area contributed by atoms with Gasteiger partial charge in [0.15, 0.2) is 0 Å². The van der Waals surface area contributed by atoms with E-state index in [-0.39, 0.29) is 17.1 Å². The zero-order chi connectivity index (χ0) is 13.6. The van der Waals surface area contributed by atoms with Gasteiger partial charge in [-0.05, 0) is 36.8 Å². The molecule has 2 aliphatic rings. The number of rotatable bonds is 2. The van der Waals surface area contributed by atoms with E-state index in [4.69, 9.17) is 11.1 Å². The molecular formula is C14H17F2N3. The SMILES string of the molecule is N=C(N)c1cc(F)c(N2CC3CCCC3C2)c(F)c1. The molecule has 2 unspecified atom stereocenters. The average Bonchev–Trinajstić information content (AvgIpc) is 2.88. The molecule has 102 valence electrons. The van der Waals surface area contributed by atoms with Crippen molar-refractivity contribution in [3.05, 3.63) is 29.3 Å². The van der Waals surface area contributed by atoms with E-state index in [0.29, 0.717) is 11.8 Å². The van der Waals surface area contributed by atoms with Gasteiger partial charge in [-0.3, -0.25) is 5.41 Å². The molecule has 1 aliphatic carbocycles. The molecule has 1 saturated carbocycles. The van der Waals surface area contributed by atoms with E-state index in [9.17, 15) is 8.78 Å². The fourth-order valence-electron chi connectivity index (χ4n) is 3.44. The van der Waals surface area contributed by atoms with Gasteiger partial charge in [-0.1, -0.05) is 6.42 Å². The lowest BCUT2D eigenvalue weighted by Gasteiger charge is -2.21. The third-order valence-electron chi connectivity index (χ3n) is 4.37. The maximum absolute atomic E-state index is 14.1. The number of nitrogens with two attached hydrogens (primary N) is 1. The molecule has 1 aliphatic heterocycles. The fourth-order valence-corrected chi connectivity index (χ4v) is 3.44. The van der Waals surface area contributed by atoms with Gasteiger partial charge in [0, 0.05) is 18.7 Å². The highest BCUT2D eigenvalue weighted by Crippen LogP contribution is 2.40. The lowest BCUT2D eigenvalue weighted by Crippen LogP contribution is -2.24. The van der Waals surface area contributed by atoms with Gasteiger partial charge in [-0.25, -0.2) is 8.78 Å². The second-order valence-corrected chi connectivity index (χ2v) is 5.56. The molecule has 0 aromatic heterocycles. The molecule has 1 aromatic carbocycles. The van der Waals surface area contributed by atoms with Crippen LogP contribution in [0, 0.1) is 28.9 Å². The van der Waals surface area contributed by atoms with Crippen LogP contribution in [0.5, 0.6) is 0 Å². The third kappa shape index (κ3) is 2.07. The molecule has 1 aromatic rings. The molecule has 1 saturated heterocycles. The third-order valence-corrected chi connectivity index (χ3v) is 4.37. The average molecular weight is 265 g/mol. The highest BCUT2D eigenvalue weighted by atomic mass is 19.1. The van der Waals surface area contributed by atoms with Gasteiger partial charge in [-0.2, -0.15) is 0 Å². The van der Waals surface area contributed by atoms with Crippen molar-refractivity contribution in [3.63, 3.8) is 0 Å². The van der Waals surface area contributed by atoms with Crippen LogP contribution in [0.15, 0.2) is 12.1 Å². The minimum Gasteiger partial charge on any atom is -0.384 e. The number of benzene rings is 1. The lowest BCUT2D eigenvalue weighted by atomic mass is 10.0. The fraction of sp³-hybridized carbons (Fsp3) is 0.500. The van der Waals surface area contributed by atoms with Gasteiger partial charge in [0.25, 0.3) is 0 Å². The Morgan fingerprint density at radius 1 is 1.16 bits per heavy atom. The second-order valence-electron chi connectivity index (χ2n) is 5.56. The van der Waals surface area contributed by atoms with Crippen LogP contribution in [0.2, 0.25) is 0 Å². The molecule has 19 heavy (non-hydrogen) atoms. The largest absolute Gasteiger partial charge is 0.384 e. The summed E-state index contributed by atoms with van der Waals surface area (Å²) in [7, 11) is 0. The van der Waals surface area contributed by atoms with Crippen molar-refractivity contribution < 1.29 is 8.78 Å². The number of nitrogens with one attached hydrogen (secondary N) is 1. The Balaban J connectivity index is 1.91. The molecule has 0 amide bonds. The van der Waals surface area contributed by atoms with Crippen LogP contribution in [-0.4, -0.2) is 18.9 Å². The van der Waals surface area contributed by atoms with Crippen LogP contribution in [-0.2, 0) is 0 Å². The second kappa shape index (κ2) is 4.47. The Morgan fingerprint density at radius 3 is 2.16 bits per heavy atom. The standard InChI is InChI=1S/C14H17F2N3/c15-11-4-10(14(17)18)5-12(16)13(11)19-6-8-2-1-3-9(8)7-19/h4-5,8-9H,1-3,6-7H2,(H3,17,18). The van der Waals surface area contributed by atoms with E-state index in [1.165, 1.54) is 6.42 Å². The first-order chi connectivity index (χ1) is 9.06. The van der Waals surface area contributed by atoms with Gasteiger partial charge in [-0.15, -0.1) is 0 Å². The van der Waals surface area contributed by atoms with E-state index in [2.05, 4.69) is 0 Å². The highest BCUT2D eigenvalue weighted by Gasteiger charge is 2.37. The van der Waals surface area contributed by atoms with Crippen LogP contribution >= 0.6 is 0 Å². The van der Waals surface area contributed by atoms with Crippen LogP contribution in [0.25, 0.3) is 0 Å². The van der Waals surface area contributed by atoms with Crippen molar-refractivity contribution >= 4 is 11.5 Å². The minimum atomic E-state index is -0.620. The van der Waals surface area contributed by atoms with Crippen molar-refractivity contribution in [1.82, 2.24) is 0 Å². The molecule has 3 rings (SSSR count). The molecule has 3 N–H and O–H groups in total. The monoisotopic (exact) mass is 265 g/mol. The van der Waals surface area contributed by atoms with Crippen LogP contribution < -0.4 is 10.6 Å². The molecular weight excluding hydrogens is 248 g/mol. The predicted octanol–water partition coefficient (Wildman–Crippen LogP) is 2.49. The molecule has 2 atom stereocenters. The van der Waals surface area contributed by atoms with Crippen molar-refractivity contribution in [2.45, 2.75) is 19.3 Å². The molecule has 5 heteroatoms. The number of fused-ring (bicyclic) bond motifs is 1. The molecule has 2 fully saturated rings. The number of nitrogens with zero attached hydrogens (tertiary/aromatic N) is 1. The Hall–Kier alpha value is -1.65. The van der Waals surface area contributed by atoms with Crippen LogP contribution in [0.1, 0.15) is 24.8 Å². The van der Waals surface area contributed by atoms with E-state index in [1.807, 2.05) is 4.90 Å². The Morgan fingerprint density at radius 2 is 1.68 bits per heavy atom. The van der Waals surface area contributed by atoms with Gasteiger partial charge in [0.05, 0.1) is 0 Å². The summed E-state index contributed by atoms with van der Waals surface area (Å²) in [5, 5.41) is 7.24. The summed E-state index contributed by atoms with van der Waals surface area (Å²) in [6.45, 7) is 1.47. The summed E-state index contributed by atoms with van der Waals surface area (Å²) in [6.07, 6.45) is 3.56. The maximum atomic E-state index is 14.1. The first-order valence-corrected chi connectivity index (χ1v) is 6.64. The van der Waals surface area contributed by atoms with Gasteiger partial charge in [0.1, 0.15) is 23.2 Å². The number of hydrogen-bond donors (Lipinski definition) is 2. The summed E-state index contributed by atoms with van der Waals surface area (Å²) in [6, 6.07) is 2.30. The van der Waals surface area contributed by atoms with Crippen LogP contribution in [0.4, 0.5) is 14.5 Å². The first-order valence-electron chi connectivity index (χ1n) is 6.64. The zero-order valence-electron chi connectivity index (χ0n) is 10.6. The van der Waals surface area contributed by atoms with Crippen molar-refractivity contribution in [1.29, 1.82) is 5.41 Å². The van der Waals surface area contributed by atoms with E-state index in [1.54, 1.807) is 0 Å². The summed E-state index contributed by atoms with van der Waals surface area (Å²) in [4.78, 5) is 1.81. The number of halogens is 2. The molecule has 3 nitrogen and oxygen atoms in total. The van der Waals surface area contributed by atoms with Gasteiger partial charge < -0.3 is 10.6 Å². The van der Waals surface area contributed by atoms with Crippen LogP contribution in [0.3, 0.4) is 0 Å². The summed E-state index contributed by atoms with van der Waals surface area (Å²) >= 11 is 0. The smallest absolute Gasteiger partial charge is 0.150 e. The van der Waals surface area contributed by atoms with Gasteiger partial charge in [0.2, 0.25) is 0 Å². The molecule has 0 spiro atoms. The Bertz CT molecular complexity index is 494. The first kappa shape index (κ1) is 12.4. The summed E-state index contributed by atoms with van der Waals surface area (Å²) in [5.41, 5.74) is 5.40. The highest BCUT2D eigenvalue weighted by molar-refractivity contribution is 5.95. The van der Waals surface area contributed by atoms with Crippen molar-refractivity contribution in [2.75, 3.05) is 18.0 Å². The summed E-state index contributed by atoms with van der Waals surface area (Å²) in [5.74, 6) is -0.407. The number of amidine groups is 1. The normalized spacial score (nSPS) is 25.7. The van der Waals surface area contributed by atoms with E-state index < -0.39 is 11.6 Å². The minimum absolute atomic E-state index is 0.0411. The van der Waals surface area contributed by atoms with Crippen molar-refractivity contribution in [3.8, 4) is 0 Å². The molecule has 1 heterocycles. The molecule has 0 radical (unpaired) electrons. The lowest BCUT2D eigenvalue weighted by molar-refractivity contribution is 0.494. The topological polar surface area (TPSA) is 53.1 Å². The summed E-state index contributed by atoms with van der Waals surface area (Å²) < 4.78 is 28.1. The zero-order valence-corrected chi connectivity index (χ0v) is 10.6. The maximum Gasteiger partial charge on any atom is 0.150 e. The number of anilines is 1. The van der Waals surface area contributed by atoms with Gasteiger partial charge >= 0.3 is 0 Å².